The lowest BCUT2D eigenvalue weighted by molar-refractivity contribution is 0.0459. The Balaban J connectivity index is 1.56. The number of ether oxygens (including phenoxy) is 1. The second kappa shape index (κ2) is 7.64. The number of anilines is 2. The summed E-state index contributed by atoms with van der Waals surface area (Å²) in [7, 11) is 0. The molecule has 1 aliphatic rings. The highest BCUT2D eigenvalue weighted by Gasteiger charge is 2.20. The molecule has 1 aliphatic carbocycles. The van der Waals surface area contributed by atoms with Crippen molar-refractivity contribution in [3.63, 3.8) is 0 Å². The van der Waals surface area contributed by atoms with E-state index in [2.05, 4.69) is 15.3 Å². The second-order valence-electron chi connectivity index (χ2n) is 7.31. The number of aromatic nitrogens is 2. The number of rotatable bonds is 5. The van der Waals surface area contributed by atoms with Crippen LogP contribution >= 0.6 is 11.3 Å². The Kier molecular flexibility index (Phi) is 5.07. The van der Waals surface area contributed by atoms with Crippen molar-refractivity contribution in [3.8, 4) is 0 Å². The third-order valence-electron chi connectivity index (χ3n) is 4.68. The molecule has 27 heavy (non-hydrogen) atoms. The van der Waals surface area contributed by atoms with Crippen LogP contribution in [0.3, 0.4) is 0 Å². The number of hydrogen-bond acceptors (Lipinski definition) is 6. The molecular formula is C21H23N3O2S. The molecule has 5 nitrogen and oxygen atoms in total. The monoisotopic (exact) mass is 381 g/mol. The van der Waals surface area contributed by atoms with Crippen molar-refractivity contribution in [2.24, 2.45) is 5.92 Å². The van der Waals surface area contributed by atoms with E-state index in [4.69, 9.17) is 4.74 Å². The highest BCUT2D eigenvalue weighted by Crippen LogP contribution is 2.38. The Morgan fingerprint density at radius 3 is 2.74 bits per heavy atom. The summed E-state index contributed by atoms with van der Waals surface area (Å²) in [5.74, 6) is 0.882. The van der Waals surface area contributed by atoms with E-state index < -0.39 is 0 Å². The zero-order chi connectivity index (χ0) is 18.8. The minimum Gasteiger partial charge on any atom is -0.462 e. The Hall–Kier alpha value is -2.47. The maximum absolute atomic E-state index is 12.1. The summed E-state index contributed by atoms with van der Waals surface area (Å²) in [5.41, 5.74) is 2.85. The van der Waals surface area contributed by atoms with Gasteiger partial charge < -0.3 is 10.1 Å². The third-order valence-corrected chi connectivity index (χ3v) is 5.88. The normalized spacial score (nSPS) is 13.6. The minimum atomic E-state index is -0.286. The lowest BCUT2D eigenvalue weighted by Gasteiger charge is -2.12. The molecule has 3 aromatic rings. The van der Waals surface area contributed by atoms with Crippen molar-refractivity contribution in [1.29, 1.82) is 0 Å². The molecule has 1 aromatic carbocycles. The molecular weight excluding hydrogens is 358 g/mol. The van der Waals surface area contributed by atoms with Gasteiger partial charge in [-0.05, 0) is 61.4 Å². The molecule has 4 rings (SSSR count). The van der Waals surface area contributed by atoms with Gasteiger partial charge >= 0.3 is 5.97 Å². The molecule has 0 saturated heterocycles. The van der Waals surface area contributed by atoms with Gasteiger partial charge in [0.05, 0.1) is 17.6 Å². The maximum Gasteiger partial charge on any atom is 0.338 e. The molecule has 0 saturated carbocycles. The number of esters is 1. The van der Waals surface area contributed by atoms with Gasteiger partial charge in [-0.15, -0.1) is 11.3 Å². The van der Waals surface area contributed by atoms with Crippen molar-refractivity contribution in [1.82, 2.24) is 9.97 Å². The van der Waals surface area contributed by atoms with Gasteiger partial charge in [-0.1, -0.05) is 13.8 Å². The molecule has 2 aromatic heterocycles. The van der Waals surface area contributed by atoms with Gasteiger partial charge in [-0.2, -0.15) is 0 Å². The zero-order valence-corrected chi connectivity index (χ0v) is 16.4. The van der Waals surface area contributed by atoms with E-state index in [0.29, 0.717) is 18.1 Å². The summed E-state index contributed by atoms with van der Waals surface area (Å²) in [4.78, 5) is 23.5. The predicted molar refractivity (Wildman–Crippen MR) is 109 cm³/mol. The van der Waals surface area contributed by atoms with Gasteiger partial charge in [-0.25, -0.2) is 14.8 Å². The van der Waals surface area contributed by atoms with E-state index in [-0.39, 0.29) is 5.97 Å². The van der Waals surface area contributed by atoms with Crippen LogP contribution in [-0.4, -0.2) is 22.5 Å². The van der Waals surface area contributed by atoms with Gasteiger partial charge in [0.1, 0.15) is 17.0 Å². The minimum absolute atomic E-state index is 0.286. The van der Waals surface area contributed by atoms with Gasteiger partial charge in [0.25, 0.3) is 0 Å². The molecule has 0 atom stereocenters. The fourth-order valence-electron chi connectivity index (χ4n) is 3.34. The van der Waals surface area contributed by atoms with Crippen LogP contribution in [-0.2, 0) is 17.6 Å². The number of thiophene rings is 1. The number of carbonyl (C=O) groups excluding carboxylic acids is 1. The van der Waals surface area contributed by atoms with Crippen LogP contribution in [0.4, 0.5) is 11.5 Å². The zero-order valence-electron chi connectivity index (χ0n) is 15.6. The standard InChI is InChI=1S/C21H23N3O2S/c1-13(2)11-26-21(25)14-7-9-15(10-8-14)24-19-18-16-5-3-4-6-17(16)27-20(18)23-12-22-19/h7-10,12-13H,3-6,11H2,1-2H3,(H,22,23,24). The first-order valence-electron chi connectivity index (χ1n) is 9.41. The summed E-state index contributed by atoms with van der Waals surface area (Å²) < 4.78 is 5.28. The molecule has 0 radical (unpaired) electrons. The van der Waals surface area contributed by atoms with Gasteiger partial charge in [0.15, 0.2) is 0 Å². The van der Waals surface area contributed by atoms with Crippen LogP contribution in [0.15, 0.2) is 30.6 Å². The van der Waals surface area contributed by atoms with Gasteiger partial charge in [0, 0.05) is 10.6 Å². The molecule has 1 N–H and O–H groups in total. The Morgan fingerprint density at radius 1 is 1.19 bits per heavy atom. The average Bonchev–Trinajstić information content (AvgIpc) is 3.06. The number of hydrogen-bond donors (Lipinski definition) is 1. The van der Waals surface area contributed by atoms with Crippen molar-refractivity contribution in [2.45, 2.75) is 39.5 Å². The predicted octanol–water partition coefficient (Wildman–Crippen LogP) is 5.13. The summed E-state index contributed by atoms with van der Waals surface area (Å²) in [6.07, 6.45) is 6.33. The molecule has 6 heteroatoms. The third kappa shape index (κ3) is 3.81. The number of nitrogens with one attached hydrogen (secondary N) is 1. The molecule has 140 valence electrons. The van der Waals surface area contributed by atoms with Crippen LogP contribution in [0, 0.1) is 5.92 Å². The molecule has 0 bridgehead atoms. The first kappa shape index (κ1) is 17.9. The topological polar surface area (TPSA) is 64.1 Å². The number of fused-ring (bicyclic) bond motifs is 3. The van der Waals surface area contributed by atoms with Crippen LogP contribution in [0.2, 0.25) is 0 Å². The van der Waals surface area contributed by atoms with E-state index in [1.165, 1.54) is 23.3 Å². The van der Waals surface area contributed by atoms with Crippen molar-refractivity contribution < 1.29 is 9.53 Å². The van der Waals surface area contributed by atoms with Crippen LogP contribution in [0.25, 0.3) is 10.2 Å². The van der Waals surface area contributed by atoms with E-state index in [0.717, 1.165) is 34.6 Å². The van der Waals surface area contributed by atoms with Crippen LogP contribution < -0.4 is 5.32 Å². The molecule has 0 unspecified atom stereocenters. The smallest absolute Gasteiger partial charge is 0.338 e. The summed E-state index contributed by atoms with van der Waals surface area (Å²) in [6, 6.07) is 7.34. The van der Waals surface area contributed by atoms with Crippen LogP contribution in [0.5, 0.6) is 0 Å². The summed E-state index contributed by atoms with van der Waals surface area (Å²) >= 11 is 1.79. The summed E-state index contributed by atoms with van der Waals surface area (Å²) in [6.45, 7) is 4.47. The Labute approximate surface area is 162 Å². The molecule has 0 spiro atoms. The highest BCUT2D eigenvalue weighted by molar-refractivity contribution is 7.19. The van der Waals surface area contributed by atoms with E-state index >= 15 is 0 Å². The maximum atomic E-state index is 12.1. The molecule has 0 amide bonds. The number of aryl methyl sites for hydroxylation is 2. The van der Waals surface area contributed by atoms with Gasteiger partial charge in [0.2, 0.25) is 0 Å². The Bertz CT molecular complexity index is 963. The number of carbonyl (C=O) groups is 1. The Morgan fingerprint density at radius 2 is 1.96 bits per heavy atom. The molecule has 2 heterocycles. The van der Waals surface area contributed by atoms with Crippen molar-refractivity contribution >= 4 is 39.0 Å². The van der Waals surface area contributed by atoms with Crippen molar-refractivity contribution in [3.05, 3.63) is 46.6 Å². The fourth-order valence-corrected chi connectivity index (χ4v) is 4.57. The van der Waals surface area contributed by atoms with Gasteiger partial charge in [-0.3, -0.25) is 0 Å². The van der Waals surface area contributed by atoms with E-state index in [1.807, 2.05) is 26.0 Å². The number of benzene rings is 1. The lowest BCUT2D eigenvalue weighted by Crippen LogP contribution is -2.10. The fraction of sp³-hybridized carbons (Fsp3) is 0.381. The van der Waals surface area contributed by atoms with Crippen molar-refractivity contribution in [2.75, 3.05) is 11.9 Å². The first-order valence-corrected chi connectivity index (χ1v) is 10.2. The summed E-state index contributed by atoms with van der Waals surface area (Å²) in [5, 5.41) is 4.55. The van der Waals surface area contributed by atoms with Crippen LogP contribution in [0.1, 0.15) is 47.5 Å². The quantitative estimate of drug-likeness (QED) is 0.621. The van der Waals surface area contributed by atoms with E-state index in [9.17, 15) is 4.79 Å². The second-order valence-corrected chi connectivity index (χ2v) is 8.39. The highest BCUT2D eigenvalue weighted by atomic mass is 32.1. The molecule has 0 aliphatic heterocycles. The largest absolute Gasteiger partial charge is 0.462 e. The SMILES string of the molecule is CC(C)COC(=O)c1ccc(Nc2ncnc3sc4c(c23)CCCC4)cc1. The lowest BCUT2D eigenvalue weighted by atomic mass is 9.97. The molecule has 0 fully saturated rings. The first-order chi connectivity index (χ1) is 13.1. The number of nitrogens with zero attached hydrogens (tertiary/aromatic N) is 2. The average molecular weight is 382 g/mol. The van der Waals surface area contributed by atoms with E-state index in [1.54, 1.807) is 29.8 Å².